The first-order valence-corrected chi connectivity index (χ1v) is 10.8. The Morgan fingerprint density at radius 2 is 1.79 bits per heavy atom. The maximum absolute atomic E-state index is 12.7. The Morgan fingerprint density at radius 3 is 2.53 bits per heavy atom. The monoisotopic (exact) mass is 465 g/mol. The number of aromatic nitrogens is 2. The van der Waals surface area contributed by atoms with E-state index in [9.17, 15) is 14.4 Å². The van der Waals surface area contributed by atoms with Crippen LogP contribution in [0.3, 0.4) is 0 Å². The van der Waals surface area contributed by atoms with Crippen LogP contribution in [-0.2, 0) is 16.0 Å². The molecule has 1 heterocycles. The Balaban J connectivity index is 1.72. The van der Waals surface area contributed by atoms with E-state index >= 15 is 0 Å². The molecule has 0 radical (unpaired) electrons. The number of para-hydroxylation sites is 2. The molecule has 0 aliphatic carbocycles. The summed E-state index contributed by atoms with van der Waals surface area (Å²) in [5.74, 6) is -0.537. The number of hydrogen-bond acceptors (Lipinski definition) is 7. The van der Waals surface area contributed by atoms with Crippen molar-refractivity contribution in [2.75, 3.05) is 26.9 Å². The van der Waals surface area contributed by atoms with E-state index in [1.807, 2.05) is 43.3 Å². The number of carbonyl (C=O) groups excluding carboxylic acids is 2. The van der Waals surface area contributed by atoms with Crippen molar-refractivity contribution in [2.45, 2.75) is 20.3 Å². The van der Waals surface area contributed by atoms with Crippen molar-refractivity contribution in [1.82, 2.24) is 15.1 Å². The summed E-state index contributed by atoms with van der Waals surface area (Å²) >= 11 is 0. The van der Waals surface area contributed by atoms with Crippen LogP contribution in [0, 0.1) is 6.92 Å². The van der Waals surface area contributed by atoms with Gasteiger partial charge in [0.15, 0.2) is 12.4 Å². The molecule has 9 nitrogen and oxygen atoms in total. The molecule has 178 valence electrons. The fraction of sp³-hybridized carbons (Fsp3) is 0.280. The topological polar surface area (TPSA) is 109 Å². The largest absolute Gasteiger partial charge is 0.496 e. The molecule has 1 aromatic heterocycles. The van der Waals surface area contributed by atoms with Crippen LogP contribution in [0.2, 0.25) is 0 Å². The summed E-state index contributed by atoms with van der Waals surface area (Å²) in [6.45, 7) is 3.57. The van der Waals surface area contributed by atoms with Gasteiger partial charge in [0, 0.05) is 6.54 Å². The minimum atomic E-state index is -0.753. The van der Waals surface area contributed by atoms with Crippen LogP contribution in [0.4, 0.5) is 0 Å². The van der Waals surface area contributed by atoms with E-state index in [-0.39, 0.29) is 18.1 Å². The van der Waals surface area contributed by atoms with E-state index in [4.69, 9.17) is 14.2 Å². The molecule has 0 saturated heterocycles. The molecular weight excluding hydrogens is 438 g/mol. The molecule has 0 spiro atoms. The van der Waals surface area contributed by atoms with Crippen LogP contribution in [0.15, 0.2) is 59.4 Å². The number of ether oxygens (including phenoxy) is 3. The molecule has 0 bridgehead atoms. The van der Waals surface area contributed by atoms with Crippen molar-refractivity contribution in [1.29, 1.82) is 0 Å². The third-order valence-electron chi connectivity index (χ3n) is 4.98. The fourth-order valence-electron chi connectivity index (χ4n) is 3.31. The molecule has 0 unspecified atom stereocenters. The Bertz CT molecular complexity index is 1220. The minimum Gasteiger partial charge on any atom is -0.496 e. The van der Waals surface area contributed by atoms with E-state index in [0.717, 1.165) is 27.6 Å². The van der Waals surface area contributed by atoms with Crippen LogP contribution in [0.25, 0.3) is 5.69 Å². The number of nitrogens with zero attached hydrogens (tertiary/aromatic N) is 2. The Labute approximate surface area is 197 Å². The number of carbonyl (C=O) groups is 2. The molecule has 1 amide bonds. The lowest BCUT2D eigenvalue weighted by Gasteiger charge is -2.14. The van der Waals surface area contributed by atoms with Crippen molar-refractivity contribution in [3.63, 3.8) is 0 Å². The molecule has 0 fully saturated rings. The SMILES string of the molecule is CCOC(=O)c1nn(-c2ccccc2C)c(=O)cc1OCC(=O)NCCc1ccccc1OC. The van der Waals surface area contributed by atoms with Gasteiger partial charge in [0.2, 0.25) is 5.69 Å². The summed E-state index contributed by atoms with van der Waals surface area (Å²) in [6, 6.07) is 15.8. The first kappa shape index (κ1) is 24.5. The van der Waals surface area contributed by atoms with E-state index in [2.05, 4.69) is 10.4 Å². The van der Waals surface area contributed by atoms with Crippen molar-refractivity contribution in [3.8, 4) is 17.2 Å². The number of nitrogens with one attached hydrogen (secondary N) is 1. The second-order valence-electron chi connectivity index (χ2n) is 7.31. The van der Waals surface area contributed by atoms with Gasteiger partial charge in [0.05, 0.1) is 25.5 Å². The smallest absolute Gasteiger partial charge is 0.362 e. The quantitative estimate of drug-likeness (QED) is 0.458. The highest BCUT2D eigenvalue weighted by molar-refractivity contribution is 5.90. The molecule has 0 saturated carbocycles. The fourth-order valence-corrected chi connectivity index (χ4v) is 3.31. The minimum absolute atomic E-state index is 0.117. The zero-order chi connectivity index (χ0) is 24.5. The summed E-state index contributed by atoms with van der Waals surface area (Å²) in [7, 11) is 1.59. The van der Waals surface area contributed by atoms with Gasteiger partial charge in [-0.15, -0.1) is 0 Å². The van der Waals surface area contributed by atoms with E-state index in [0.29, 0.717) is 18.7 Å². The number of hydrogen-bond donors (Lipinski definition) is 1. The molecule has 3 rings (SSSR count). The molecule has 0 aliphatic heterocycles. The first-order chi connectivity index (χ1) is 16.4. The average molecular weight is 466 g/mol. The zero-order valence-corrected chi connectivity index (χ0v) is 19.4. The molecule has 1 N–H and O–H groups in total. The number of amides is 1. The third kappa shape index (κ3) is 6.00. The third-order valence-corrected chi connectivity index (χ3v) is 4.98. The number of methoxy groups -OCH3 is 1. The predicted octanol–water partition coefficient (Wildman–Crippen LogP) is 2.46. The predicted molar refractivity (Wildman–Crippen MR) is 126 cm³/mol. The van der Waals surface area contributed by atoms with Gasteiger partial charge in [-0.05, 0) is 43.5 Å². The van der Waals surface area contributed by atoms with Gasteiger partial charge in [0.1, 0.15) is 5.75 Å². The van der Waals surface area contributed by atoms with Crippen molar-refractivity contribution in [3.05, 3.63) is 81.8 Å². The summed E-state index contributed by atoms with van der Waals surface area (Å²) < 4.78 is 17.0. The van der Waals surface area contributed by atoms with Crippen molar-refractivity contribution in [2.24, 2.45) is 0 Å². The molecule has 0 atom stereocenters. The summed E-state index contributed by atoms with van der Waals surface area (Å²) in [6.07, 6.45) is 0.567. The van der Waals surface area contributed by atoms with Gasteiger partial charge in [-0.3, -0.25) is 9.59 Å². The number of benzene rings is 2. The molecule has 2 aromatic carbocycles. The van der Waals surface area contributed by atoms with Crippen LogP contribution in [0.1, 0.15) is 28.5 Å². The summed E-state index contributed by atoms with van der Waals surface area (Å²) in [5, 5.41) is 6.93. The van der Waals surface area contributed by atoms with E-state index in [1.54, 1.807) is 26.2 Å². The lowest BCUT2D eigenvalue weighted by atomic mass is 10.1. The van der Waals surface area contributed by atoms with Gasteiger partial charge in [-0.1, -0.05) is 36.4 Å². The standard InChI is InChI=1S/C25H27N3O6/c1-4-33-25(31)24-21(15-23(30)28(27-24)19-11-7-5-9-17(19)2)34-16-22(29)26-14-13-18-10-6-8-12-20(18)32-3/h5-12,15H,4,13-14,16H2,1-3H3,(H,26,29). The van der Waals surface area contributed by atoms with Crippen LogP contribution in [0.5, 0.6) is 11.5 Å². The lowest BCUT2D eigenvalue weighted by Crippen LogP contribution is -2.32. The molecule has 3 aromatic rings. The van der Waals surface area contributed by atoms with Crippen LogP contribution < -0.4 is 20.3 Å². The van der Waals surface area contributed by atoms with Gasteiger partial charge in [0.25, 0.3) is 11.5 Å². The zero-order valence-electron chi connectivity index (χ0n) is 19.4. The van der Waals surface area contributed by atoms with E-state index in [1.165, 1.54) is 0 Å². The first-order valence-electron chi connectivity index (χ1n) is 10.8. The molecule has 34 heavy (non-hydrogen) atoms. The summed E-state index contributed by atoms with van der Waals surface area (Å²) in [5.41, 5.74) is 1.59. The van der Waals surface area contributed by atoms with Crippen LogP contribution >= 0.6 is 0 Å². The highest BCUT2D eigenvalue weighted by Crippen LogP contribution is 2.18. The number of esters is 1. The molecule has 9 heteroatoms. The van der Waals surface area contributed by atoms with E-state index < -0.39 is 24.0 Å². The lowest BCUT2D eigenvalue weighted by molar-refractivity contribution is -0.123. The highest BCUT2D eigenvalue weighted by atomic mass is 16.5. The highest BCUT2D eigenvalue weighted by Gasteiger charge is 2.21. The van der Waals surface area contributed by atoms with Crippen molar-refractivity contribution < 1.29 is 23.8 Å². The number of aryl methyl sites for hydroxylation is 1. The maximum atomic E-state index is 12.7. The Morgan fingerprint density at radius 1 is 1.06 bits per heavy atom. The van der Waals surface area contributed by atoms with Gasteiger partial charge in [-0.2, -0.15) is 9.78 Å². The Hall–Kier alpha value is -4.14. The molecular formula is C25H27N3O6. The normalized spacial score (nSPS) is 10.4. The average Bonchev–Trinajstić information content (AvgIpc) is 2.83. The van der Waals surface area contributed by atoms with Gasteiger partial charge < -0.3 is 19.5 Å². The molecule has 0 aliphatic rings. The van der Waals surface area contributed by atoms with Gasteiger partial charge >= 0.3 is 5.97 Å². The maximum Gasteiger partial charge on any atom is 0.362 e. The Kier molecular flexibility index (Phi) is 8.39. The second-order valence-corrected chi connectivity index (χ2v) is 7.31. The van der Waals surface area contributed by atoms with Gasteiger partial charge in [-0.25, -0.2) is 4.79 Å². The second kappa shape index (κ2) is 11.6. The number of rotatable bonds is 10. The summed E-state index contributed by atoms with van der Waals surface area (Å²) in [4.78, 5) is 37.5. The van der Waals surface area contributed by atoms with Crippen molar-refractivity contribution >= 4 is 11.9 Å². The van der Waals surface area contributed by atoms with Crippen LogP contribution in [-0.4, -0.2) is 48.5 Å².